The highest BCUT2D eigenvalue weighted by Crippen LogP contribution is 2.28. The van der Waals surface area contributed by atoms with E-state index < -0.39 is 0 Å². The normalized spacial score (nSPS) is 10.2. The Bertz CT molecular complexity index is 902. The lowest BCUT2D eigenvalue weighted by molar-refractivity contribution is 0.354. The number of para-hydroxylation sites is 2. The van der Waals surface area contributed by atoms with Gasteiger partial charge in [0, 0.05) is 12.7 Å². The first-order valence-electron chi connectivity index (χ1n) is 8.41. The summed E-state index contributed by atoms with van der Waals surface area (Å²) in [5.41, 5.74) is 1.86. The van der Waals surface area contributed by atoms with Crippen LogP contribution in [0.3, 0.4) is 0 Å². The summed E-state index contributed by atoms with van der Waals surface area (Å²) in [4.78, 5) is 8.76. The predicted octanol–water partition coefficient (Wildman–Crippen LogP) is 3.86. The molecule has 0 bridgehead atoms. The Morgan fingerprint density at radius 1 is 0.852 bits per heavy atom. The Kier molecular flexibility index (Phi) is 5.94. The highest BCUT2D eigenvalue weighted by atomic mass is 16.5. The molecule has 0 unspecified atom stereocenters. The number of rotatable bonds is 8. The molecule has 0 saturated carbocycles. The predicted molar refractivity (Wildman–Crippen MR) is 105 cm³/mol. The van der Waals surface area contributed by atoms with Crippen molar-refractivity contribution in [1.29, 1.82) is 0 Å². The van der Waals surface area contributed by atoms with Crippen molar-refractivity contribution in [2.75, 3.05) is 32.0 Å². The van der Waals surface area contributed by atoms with Gasteiger partial charge >= 0.3 is 0 Å². The minimum atomic E-state index is 0.518. The largest absolute Gasteiger partial charge is 0.495 e. The van der Waals surface area contributed by atoms with Crippen molar-refractivity contribution in [1.82, 2.24) is 9.97 Å². The van der Waals surface area contributed by atoms with Gasteiger partial charge in [0.2, 0.25) is 5.95 Å². The van der Waals surface area contributed by atoms with E-state index in [0.717, 1.165) is 17.0 Å². The van der Waals surface area contributed by atoms with Crippen LogP contribution in [0.25, 0.3) is 0 Å². The third-order valence-corrected chi connectivity index (χ3v) is 3.92. The van der Waals surface area contributed by atoms with Crippen LogP contribution < -0.4 is 24.8 Å². The van der Waals surface area contributed by atoms with Crippen LogP contribution in [0.15, 0.2) is 54.7 Å². The molecule has 1 aromatic heterocycles. The van der Waals surface area contributed by atoms with E-state index in [9.17, 15) is 0 Å². The van der Waals surface area contributed by atoms with Gasteiger partial charge in [0.1, 0.15) is 11.6 Å². The molecule has 140 valence electrons. The lowest BCUT2D eigenvalue weighted by Crippen LogP contribution is -2.05. The Morgan fingerprint density at radius 2 is 1.63 bits per heavy atom. The quantitative estimate of drug-likeness (QED) is 0.627. The van der Waals surface area contributed by atoms with Gasteiger partial charge in [-0.05, 0) is 35.9 Å². The molecule has 0 atom stereocenters. The fourth-order valence-corrected chi connectivity index (χ4v) is 2.57. The molecule has 7 heteroatoms. The number of anilines is 3. The molecule has 2 N–H and O–H groups in total. The number of aromatic nitrogens is 2. The zero-order valence-corrected chi connectivity index (χ0v) is 15.5. The summed E-state index contributed by atoms with van der Waals surface area (Å²) in [5.74, 6) is 3.31. The summed E-state index contributed by atoms with van der Waals surface area (Å²) >= 11 is 0. The number of hydrogen-bond donors (Lipinski definition) is 2. The highest BCUT2D eigenvalue weighted by molar-refractivity contribution is 5.64. The van der Waals surface area contributed by atoms with Crippen LogP contribution in [0.5, 0.6) is 17.2 Å². The van der Waals surface area contributed by atoms with Crippen molar-refractivity contribution in [3.8, 4) is 17.2 Å². The van der Waals surface area contributed by atoms with Crippen molar-refractivity contribution in [3.05, 3.63) is 60.3 Å². The van der Waals surface area contributed by atoms with Gasteiger partial charge in [0.25, 0.3) is 0 Å². The van der Waals surface area contributed by atoms with Gasteiger partial charge in [-0.15, -0.1) is 0 Å². The number of benzene rings is 2. The molecule has 3 rings (SSSR count). The highest BCUT2D eigenvalue weighted by Gasteiger charge is 2.07. The maximum atomic E-state index is 5.35. The number of ether oxygens (including phenoxy) is 3. The zero-order valence-electron chi connectivity index (χ0n) is 15.5. The molecule has 0 amide bonds. The van der Waals surface area contributed by atoms with E-state index >= 15 is 0 Å². The minimum absolute atomic E-state index is 0.518. The summed E-state index contributed by atoms with van der Waals surface area (Å²) in [6.07, 6.45) is 1.70. The second-order valence-corrected chi connectivity index (χ2v) is 5.63. The average Bonchev–Trinajstić information content (AvgIpc) is 2.72. The van der Waals surface area contributed by atoms with Crippen molar-refractivity contribution in [3.63, 3.8) is 0 Å². The van der Waals surface area contributed by atoms with Crippen LogP contribution in [-0.2, 0) is 6.54 Å². The van der Waals surface area contributed by atoms with E-state index in [1.54, 1.807) is 33.6 Å². The summed E-state index contributed by atoms with van der Waals surface area (Å²) in [6.45, 7) is 0.554. The molecule has 0 aliphatic heterocycles. The van der Waals surface area contributed by atoms with E-state index in [4.69, 9.17) is 14.2 Å². The Hall–Kier alpha value is -3.48. The standard InChI is InChI=1S/C20H22N4O3/c1-25-16-7-5-4-6-15(16)23-19-10-11-21-20(24-19)22-13-14-8-9-17(26-2)18(12-14)27-3/h4-12H,13H2,1-3H3,(H2,21,22,23,24). The van der Waals surface area contributed by atoms with Crippen molar-refractivity contribution in [2.24, 2.45) is 0 Å². The number of nitrogens with one attached hydrogen (secondary N) is 2. The third kappa shape index (κ3) is 4.58. The van der Waals surface area contributed by atoms with Crippen LogP contribution in [0, 0.1) is 0 Å². The molecule has 0 fully saturated rings. The summed E-state index contributed by atoms with van der Waals surface area (Å²) in [6, 6.07) is 15.2. The van der Waals surface area contributed by atoms with Gasteiger partial charge in [-0.3, -0.25) is 0 Å². The molecule has 0 saturated heterocycles. The third-order valence-electron chi connectivity index (χ3n) is 3.92. The fraction of sp³-hybridized carbons (Fsp3) is 0.200. The van der Waals surface area contributed by atoms with Crippen LogP contribution in [0.2, 0.25) is 0 Å². The molecule has 3 aromatic rings. The second kappa shape index (κ2) is 8.75. The maximum Gasteiger partial charge on any atom is 0.224 e. The van der Waals surface area contributed by atoms with E-state index in [0.29, 0.717) is 29.8 Å². The second-order valence-electron chi connectivity index (χ2n) is 5.63. The summed E-state index contributed by atoms with van der Waals surface area (Å²) in [5, 5.41) is 6.46. The molecule has 2 aromatic carbocycles. The zero-order chi connectivity index (χ0) is 19.1. The van der Waals surface area contributed by atoms with Crippen LogP contribution >= 0.6 is 0 Å². The molecule has 1 heterocycles. The Morgan fingerprint density at radius 3 is 2.41 bits per heavy atom. The van der Waals surface area contributed by atoms with Crippen LogP contribution in [0.1, 0.15) is 5.56 Å². The maximum absolute atomic E-state index is 5.35. The molecule has 0 spiro atoms. The minimum Gasteiger partial charge on any atom is -0.495 e. The van der Waals surface area contributed by atoms with Gasteiger partial charge in [-0.25, -0.2) is 4.98 Å². The molecule has 27 heavy (non-hydrogen) atoms. The van der Waals surface area contributed by atoms with Gasteiger partial charge < -0.3 is 24.8 Å². The number of hydrogen-bond acceptors (Lipinski definition) is 7. The van der Waals surface area contributed by atoms with Gasteiger partial charge in [-0.1, -0.05) is 18.2 Å². The number of methoxy groups -OCH3 is 3. The topological polar surface area (TPSA) is 77.5 Å². The first-order valence-corrected chi connectivity index (χ1v) is 8.41. The first kappa shape index (κ1) is 18.3. The monoisotopic (exact) mass is 366 g/mol. The molecule has 0 radical (unpaired) electrons. The van der Waals surface area contributed by atoms with Crippen molar-refractivity contribution in [2.45, 2.75) is 6.54 Å². The van der Waals surface area contributed by atoms with Gasteiger partial charge in [0.15, 0.2) is 11.5 Å². The molecule has 0 aliphatic carbocycles. The van der Waals surface area contributed by atoms with Crippen molar-refractivity contribution >= 4 is 17.5 Å². The van der Waals surface area contributed by atoms with E-state index in [1.165, 1.54) is 0 Å². The van der Waals surface area contributed by atoms with Crippen molar-refractivity contribution < 1.29 is 14.2 Å². The smallest absolute Gasteiger partial charge is 0.224 e. The van der Waals surface area contributed by atoms with E-state index in [1.807, 2.05) is 42.5 Å². The SMILES string of the molecule is COc1ccccc1Nc1ccnc(NCc2ccc(OC)c(OC)c2)n1. The lowest BCUT2D eigenvalue weighted by Gasteiger charge is -2.12. The molecule has 7 nitrogen and oxygen atoms in total. The Labute approximate surface area is 158 Å². The summed E-state index contributed by atoms with van der Waals surface area (Å²) < 4.78 is 15.9. The molecular formula is C20H22N4O3. The average molecular weight is 366 g/mol. The van der Waals surface area contributed by atoms with Crippen LogP contribution in [-0.4, -0.2) is 31.3 Å². The van der Waals surface area contributed by atoms with E-state index in [2.05, 4.69) is 20.6 Å². The Balaban J connectivity index is 1.69. The van der Waals surface area contributed by atoms with E-state index in [-0.39, 0.29) is 0 Å². The fourth-order valence-electron chi connectivity index (χ4n) is 2.57. The molecular weight excluding hydrogens is 344 g/mol. The van der Waals surface area contributed by atoms with Gasteiger partial charge in [0.05, 0.1) is 27.0 Å². The number of nitrogens with zero attached hydrogens (tertiary/aromatic N) is 2. The summed E-state index contributed by atoms with van der Waals surface area (Å²) in [7, 11) is 4.87. The lowest BCUT2D eigenvalue weighted by atomic mass is 10.2. The first-order chi connectivity index (χ1) is 13.2. The molecule has 0 aliphatic rings. The van der Waals surface area contributed by atoms with Gasteiger partial charge in [-0.2, -0.15) is 4.98 Å². The van der Waals surface area contributed by atoms with Crippen LogP contribution in [0.4, 0.5) is 17.5 Å².